The van der Waals surface area contributed by atoms with Crippen molar-refractivity contribution in [3.05, 3.63) is 72.4 Å². The normalized spacial score (nSPS) is 12.2. The summed E-state index contributed by atoms with van der Waals surface area (Å²) in [6.45, 7) is 0.489. The molecule has 0 aliphatic carbocycles. The van der Waals surface area contributed by atoms with E-state index in [9.17, 15) is 22.8 Å². The highest BCUT2D eigenvalue weighted by Crippen LogP contribution is 2.31. The Morgan fingerprint density at radius 3 is 2.31 bits per heavy atom. The summed E-state index contributed by atoms with van der Waals surface area (Å²) < 4.78 is 40.6. The molecule has 0 bridgehead atoms. The average Bonchev–Trinajstić information content (AvgIpc) is 3.14. The first-order valence-corrected chi connectivity index (χ1v) is 10.6. The molecular formula is C22H21F3N4O2S. The van der Waals surface area contributed by atoms with E-state index >= 15 is 0 Å². The van der Waals surface area contributed by atoms with Gasteiger partial charge in [0.05, 0.1) is 17.1 Å². The topological polar surface area (TPSA) is 76.0 Å². The number of urea groups is 1. The number of carbonyl (C=O) groups is 2. The lowest BCUT2D eigenvalue weighted by Gasteiger charge is -2.16. The van der Waals surface area contributed by atoms with Crippen molar-refractivity contribution in [3.63, 3.8) is 0 Å². The number of amides is 3. The lowest BCUT2D eigenvalue weighted by molar-refractivity contribution is -0.141. The third-order valence-electron chi connectivity index (χ3n) is 4.41. The van der Waals surface area contributed by atoms with E-state index in [-0.39, 0.29) is 11.7 Å². The molecule has 2 N–H and O–H groups in total. The summed E-state index contributed by atoms with van der Waals surface area (Å²) in [5.74, 6) is -0.636. The van der Waals surface area contributed by atoms with E-state index in [1.807, 2.05) is 30.3 Å². The highest BCUT2D eigenvalue weighted by molar-refractivity contribution is 8.00. The van der Waals surface area contributed by atoms with Gasteiger partial charge in [0.1, 0.15) is 6.54 Å². The Morgan fingerprint density at radius 1 is 1.06 bits per heavy atom. The van der Waals surface area contributed by atoms with Crippen LogP contribution < -0.4 is 10.6 Å². The number of thioether (sulfide) groups is 1. The van der Waals surface area contributed by atoms with Gasteiger partial charge in [0, 0.05) is 6.54 Å². The Bertz CT molecular complexity index is 1060. The number of halogens is 3. The molecular weight excluding hydrogens is 441 g/mol. The Labute approximate surface area is 187 Å². The molecule has 168 valence electrons. The number of benzene rings is 2. The van der Waals surface area contributed by atoms with Gasteiger partial charge in [0.25, 0.3) is 0 Å². The van der Waals surface area contributed by atoms with Gasteiger partial charge in [-0.25, -0.2) is 9.78 Å². The van der Waals surface area contributed by atoms with E-state index in [2.05, 4.69) is 15.6 Å². The molecule has 3 amide bonds. The quantitative estimate of drug-likeness (QED) is 0.503. The van der Waals surface area contributed by atoms with Crippen molar-refractivity contribution in [3.8, 4) is 11.3 Å². The van der Waals surface area contributed by atoms with Gasteiger partial charge in [-0.15, -0.1) is 0 Å². The van der Waals surface area contributed by atoms with Crippen LogP contribution in [0.15, 0.2) is 72.0 Å². The predicted molar refractivity (Wildman–Crippen MR) is 116 cm³/mol. The average molecular weight is 462 g/mol. The van der Waals surface area contributed by atoms with Gasteiger partial charge in [-0.3, -0.25) is 10.1 Å². The molecule has 1 atom stereocenters. The van der Waals surface area contributed by atoms with E-state index < -0.39 is 29.9 Å². The maximum Gasteiger partial charge on any atom is 0.406 e. The third-order valence-corrected chi connectivity index (χ3v) is 5.51. The van der Waals surface area contributed by atoms with Gasteiger partial charge < -0.3 is 9.88 Å². The second-order valence-electron chi connectivity index (χ2n) is 6.91. The molecule has 6 nitrogen and oxygen atoms in total. The molecule has 3 aromatic rings. The van der Waals surface area contributed by atoms with Crippen LogP contribution in [0.4, 0.5) is 18.0 Å². The van der Waals surface area contributed by atoms with Crippen molar-refractivity contribution in [2.75, 3.05) is 0 Å². The minimum absolute atomic E-state index is 0.0357. The second-order valence-corrected chi connectivity index (χ2v) is 8.22. The number of carbonyl (C=O) groups excluding carboxylic acids is 2. The van der Waals surface area contributed by atoms with Crippen LogP contribution >= 0.6 is 11.8 Å². The fraction of sp³-hybridized carbons (Fsp3) is 0.227. The molecule has 10 heteroatoms. The number of imidazole rings is 1. The first kappa shape index (κ1) is 23.4. The first-order valence-electron chi connectivity index (χ1n) is 9.70. The highest BCUT2D eigenvalue weighted by atomic mass is 32.2. The van der Waals surface area contributed by atoms with Gasteiger partial charge in [-0.05, 0) is 18.1 Å². The number of aromatic nitrogens is 2. The molecule has 0 aliphatic rings. The first-order chi connectivity index (χ1) is 15.2. The fourth-order valence-corrected chi connectivity index (χ4v) is 3.76. The SMILES string of the molecule is CC(Sc1ncc(-c2ccccc2)n1CC(F)(F)F)C(=O)NC(=O)NCc1ccccc1. The van der Waals surface area contributed by atoms with Crippen LogP contribution in [0.25, 0.3) is 11.3 Å². The van der Waals surface area contributed by atoms with Crippen LogP contribution in [0.5, 0.6) is 0 Å². The largest absolute Gasteiger partial charge is 0.406 e. The zero-order valence-corrected chi connectivity index (χ0v) is 17.9. The number of rotatable bonds is 7. The standard InChI is InChI=1S/C22H21F3N4O2S/c1-15(19(30)28-20(31)26-12-16-8-4-2-5-9-16)32-21-27-13-18(17-10-6-3-7-11-17)29(21)14-22(23,24)25/h2-11,13,15H,12,14H2,1H3,(H2,26,28,30,31). The number of nitrogens with one attached hydrogen (secondary N) is 2. The molecule has 1 aromatic heterocycles. The van der Waals surface area contributed by atoms with E-state index in [0.29, 0.717) is 11.3 Å². The lowest BCUT2D eigenvalue weighted by Crippen LogP contribution is -2.42. The molecule has 1 heterocycles. The van der Waals surface area contributed by atoms with Crippen LogP contribution in [0.1, 0.15) is 12.5 Å². The van der Waals surface area contributed by atoms with Crippen molar-refractivity contribution in [2.45, 2.75) is 36.6 Å². The minimum Gasteiger partial charge on any atom is -0.334 e. The Hall–Kier alpha value is -3.27. The van der Waals surface area contributed by atoms with Gasteiger partial charge in [-0.1, -0.05) is 72.4 Å². The third kappa shape index (κ3) is 6.61. The minimum atomic E-state index is -4.47. The molecule has 0 aliphatic heterocycles. The monoisotopic (exact) mass is 462 g/mol. The summed E-state index contributed by atoms with van der Waals surface area (Å²) in [7, 11) is 0. The van der Waals surface area contributed by atoms with Crippen molar-refractivity contribution in [1.29, 1.82) is 0 Å². The molecule has 3 rings (SSSR count). The van der Waals surface area contributed by atoms with Gasteiger partial charge >= 0.3 is 12.2 Å². The van der Waals surface area contributed by atoms with Crippen molar-refractivity contribution in [1.82, 2.24) is 20.2 Å². The summed E-state index contributed by atoms with van der Waals surface area (Å²) in [5.41, 5.74) is 1.73. The molecule has 2 aromatic carbocycles. The fourth-order valence-electron chi connectivity index (χ4n) is 2.87. The van der Waals surface area contributed by atoms with E-state index in [1.54, 1.807) is 30.3 Å². The molecule has 0 spiro atoms. The molecule has 0 saturated heterocycles. The molecule has 32 heavy (non-hydrogen) atoms. The molecule has 0 saturated carbocycles. The number of hydrogen-bond acceptors (Lipinski definition) is 4. The summed E-state index contributed by atoms with van der Waals surface area (Å²) >= 11 is 0.851. The van der Waals surface area contributed by atoms with Gasteiger partial charge in [0.2, 0.25) is 5.91 Å². The van der Waals surface area contributed by atoms with E-state index in [4.69, 9.17) is 0 Å². The van der Waals surface area contributed by atoms with Crippen molar-refractivity contribution < 1.29 is 22.8 Å². The molecule has 1 unspecified atom stereocenters. The van der Waals surface area contributed by atoms with Crippen LogP contribution in [0, 0.1) is 0 Å². The summed E-state index contributed by atoms with van der Waals surface area (Å²) in [4.78, 5) is 28.5. The molecule has 0 radical (unpaired) electrons. The Balaban J connectivity index is 1.67. The van der Waals surface area contributed by atoms with E-state index in [0.717, 1.165) is 21.9 Å². The van der Waals surface area contributed by atoms with Crippen LogP contribution in [0.3, 0.4) is 0 Å². The maximum atomic E-state index is 13.2. The van der Waals surface area contributed by atoms with E-state index in [1.165, 1.54) is 13.1 Å². The summed E-state index contributed by atoms with van der Waals surface area (Å²) in [6, 6.07) is 17.0. The zero-order valence-electron chi connectivity index (χ0n) is 17.1. The van der Waals surface area contributed by atoms with Gasteiger partial charge in [-0.2, -0.15) is 13.2 Å². The smallest absolute Gasteiger partial charge is 0.334 e. The number of alkyl halides is 3. The highest BCUT2D eigenvalue weighted by Gasteiger charge is 2.31. The van der Waals surface area contributed by atoms with Crippen LogP contribution in [0.2, 0.25) is 0 Å². The Kier molecular flexibility index (Phi) is 7.57. The number of hydrogen-bond donors (Lipinski definition) is 2. The number of nitrogens with zero attached hydrogens (tertiary/aromatic N) is 2. The lowest BCUT2D eigenvalue weighted by atomic mass is 10.2. The zero-order chi connectivity index (χ0) is 23.1. The summed E-state index contributed by atoms with van der Waals surface area (Å²) in [6.07, 6.45) is -3.12. The predicted octanol–water partition coefficient (Wildman–Crippen LogP) is 4.62. The van der Waals surface area contributed by atoms with Crippen molar-refractivity contribution >= 4 is 23.7 Å². The van der Waals surface area contributed by atoms with Crippen LogP contribution in [-0.4, -0.2) is 32.9 Å². The molecule has 0 fully saturated rings. The van der Waals surface area contributed by atoms with Gasteiger partial charge in [0.15, 0.2) is 5.16 Å². The van der Waals surface area contributed by atoms with Crippen LogP contribution in [-0.2, 0) is 17.9 Å². The Morgan fingerprint density at radius 2 is 1.69 bits per heavy atom. The van der Waals surface area contributed by atoms with Crippen molar-refractivity contribution in [2.24, 2.45) is 0 Å². The maximum absolute atomic E-state index is 13.2. The second kappa shape index (κ2) is 10.4. The summed E-state index contributed by atoms with van der Waals surface area (Å²) in [5, 5.41) is 3.96. The number of imide groups is 1.